The molecule has 0 bridgehead atoms. The number of amides is 1. The van der Waals surface area contributed by atoms with Crippen LogP contribution in [0.1, 0.15) is 10.4 Å². The number of anilines is 1. The highest BCUT2D eigenvalue weighted by Crippen LogP contribution is 2.31. The number of hydrogen-bond donors (Lipinski definition) is 1. The summed E-state index contributed by atoms with van der Waals surface area (Å²) in [6.45, 7) is 0. The molecule has 0 aliphatic carbocycles. The van der Waals surface area contributed by atoms with E-state index in [4.69, 9.17) is 0 Å². The van der Waals surface area contributed by atoms with Crippen molar-refractivity contribution in [2.45, 2.75) is 4.34 Å². The monoisotopic (exact) mass is 376 g/mol. The number of benzene rings is 1. The van der Waals surface area contributed by atoms with E-state index in [0.717, 1.165) is 14.2 Å². The molecular formula is C15H10N3O3S3-. The fraction of sp³-hybridized carbons (Fsp3) is 0.0667. The lowest BCUT2D eigenvalue weighted by molar-refractivity contribution is -0.255. The maximum Gasteiger partial charge on any atom is 0.234 e. The highest BCUT2D eigenvalue weighted by atomic mass is 32.2. The normalized spacial score (nSPS) is 10.5. The second kappa shape index (κ2) is 7.56. The molecule has 0 aliphatic rings. The Labute approximate surface area is 149 Å². The summed E-state index contributed by atoms with van der Waals surface area (Å²) >= 11 is 4.34. The molecular weight excluding hydrogens is 366 g/mol. The van der Waals surface area contributed by atoms with Crippen molar-refractivity contribution in [3.63, 3.8) is 0 Å². The number of thioether (sulfide) groups is 1. The number of rotatable bonds is 6. The van der Waals surface area contributed by atoms with Crippen LogP contribution >= 0.6 is 34.4 Å². The highest BCUT2D eigenvalue weighted by molar-refractivity contribution is 8.01. The number of thiophene rings is 1. The first kappa shape index (κ1) is 16.6. The van der Waals surface area contributed by atoms with Gasteiger partial charge in [0.25, 0.3) is 0 Å². The van der Waals surface area contributed by atoms with Crippen molar-refractivity contribution in [2.75, 3.05) is 11.1 Å². The Morgan fingerprint density at radius 1 is 1.17 bits per heavy atom. The van der Waals surface area contributed by atoms with Gasteiger partial charge in [-0.3, -0.25) is 4.79 Å². The smallest absolute Gasteiger partial charge is 0.234 e. The topological polar surface area (TPSA) is 95.0 Å². The van der Waals surface area contributed by atoms with Crippen molar-refractivity contribution >= 4 is 52.0 Å². The Kier molecular flexibility index (Phi) is 5.24. The molecule has 1 amide bonds. The van der Waals surface area contributed by atoms with Crippen molar-refractivity contribution in [1.82, 2.24) is 10.2 Å². The van der Waals surface area contributed by atoms with Crippen LogP contribution in [-0.2, 0) is 4.79 Å². The van der Waals surface area contributed by atoms with Gasteiger partial charge >= 0.3 is 0 Å². The Hall–Kier alpha value is -2.23. The van der Waals surface area contributed by atoms with Gasteiger partial charge < -0.3 is 15.2 Å². The van der Waals surface area contributed by atoms with E-state index in [2.05, 4.69) is 15.5 Å². The zero-order valence-corrected chi connectivity index (χ0v) is 14.5. The van der Waals surface area contributed by atoms with Crippen molar-refractivity contribution < 1.29 is 14.7 Å². The molecule has 0 radical (unpaired) electrons. The lowest BCUT2D eigenvalue weighted by atomic mass is 10.2. The van der Waals surface area contributed by atoms with Crippen molar-refractivity contribution in [3.05, 3.63) is 47.3 Å². The Morgan fingerprint density at radius 2 is 1.96 bits per heavy atom. The number of carboxylic acids is 1. The molecule has 3 rings (SSSR count). The van der Waals surface area contributed by atoms with Gasteiger partial charge in [0.1, 0.15) is 0 Å². The number of aromatic carboxylic acids is 1. The number of nitrogens with zero attached hydrogens (tertiary/aromatic N) is 2. The van der Waals surface area contributed by atoms with E-state index in [1.165, 1.54) is 47.4 Å². The lowest BCUT2D eigenvalue weighted by Crippen LogP contribution is -2.22. The first-order chi connectivity index (χ1) is 11.6. The zero-order chi connectivity index (χ0) is 16.9. The molecule has 0 saturated carbocycles. The first-order valence-corrected chi connectivity index (χ1v) is 9.41. The Bertz CT molecular complexity index is 844. The van der Waals surface area contributed by atoms with E-state index < -0.39 is 5.97 Å². The molecule has 9 heteroatoms. The van der Waals surface area contributed by atoms with Gasteiger partial charge in [-0.05, 0) is 29.1 Å². The van der Waals surface area contributed by atoms with Crippen LogP contribution in [0.15, 0.2) is 46.1 Å². The Morgan fingerprint density at radius 3 is 2.62 bits per heavy atom. The quantitative estimate of drug-likeness (QED) is 0.664. The summed E-state index contributed by atoms with van der Waals surface area (Å²) in [6, 6.07) is 9.74. The standard InChI is InChI=1S/C15H11N3O3S3/c19-12(16-10-5-3-9(4-6-10)14(20)21)8-23-15-18-17-13(24-15)11-2-1-7-22-11/h1-7H,8H2,(H,16,19)(H,20,21)/p-1. The largest absolute Gasteiger partial charge is 0.545 e. The summed E-state index contributed by atoms with van der Waals surface area (Å²) < 4.78 is 0.723. The van der Waals surface area contributed by atoms with Gasteiger partial charge in [0.15, 0.2) is 9.35 Å². The number of carbonyl (C=O) groups excluding carboxylic acids is 2. The fourth-order valence-electron chi connectivity index (χ4n) is 1.78. The molecule has 2 aromatic heterocycles. The van der Waals surface area contributed by atoms with Crippen molar-refractivity contribution in [1.29, 1.82) is 0 Å². The third kappa shape index (κ3) is 4.19. The summed E-state index contributed by atoms with van der Waals surface area (Å²) in [5, 5.41) is 24.4. The molecule has 6 nitrogen and oxygen atoms in total. The van der Waals surface area contributed by atoms with Gasteiger partial charge in [-0.25, -0.2) is 0 Å². The van der Waals surface area contributed by atoms with Crippen LogP contribution in [0.4, 0.5) is 5.69 Å². The number of carboxylic acid groups (broad SMARTS) is 1. The third-order valence-electron chi connectivity index (χ3n) is 2.87. The second-order valence-electron chi connectivity index (χ2n) is 4.55. The molecule has 1 N–H and O–H groups in total. The summed E-state index contributed by atoms with van der Waals surface area (Å²) in [7, 11) is 0. The van der Waals surface area contributed by atoms with Crippen LogP contribution in [0.25, 0.3) is 9.88 Å². The Balaban J connectivity index is 1.53. The zero-order valence-electron chi connectivity index (χ0n) is 12.1. The van der Waals surface area contributed by atoms with Gasteiger partial charge in [0.05, 0.1) is 16.6 Å². The molecule has 0 fully saturated rings. The van der Waals surface area contributed by atoms with Gasteiger partial charge in [-0.15, -0.1) is 21.5 Å². The number of hydrogen-bond acceptors (Lipinski definition) is 8. The van der Waals surface area contributed by atoms with Crippen LogP contribution in [0.5, 0.6) is 0 Å². The SMILES string of the molecule is O=C(CSc1nnc(-c2cccs2)s1)Nc1ccc(C(=O)[O-])cc1. The predicted octanol–water partition coefficient (Wildman–Crippen LogP) is 2.36. The third-order valence-corrected chi connectivity index (χ3v) is 5.97. The average molecular weight is 376 g/mol. The number of carbonyl (C=O) groups is 2. The molecule has 0 spiro atoms. The van der Waals surface area contributed by atoms with Gasteiger partial charge in [0.2, 0.25) is 5.91 Å². The van der Waals surface area contributed by atoms with Crippen molar-refractivity contribution in [2.24, 2.45) is 0 Å². The second-order valence-corrected chi connectivity index (χ2v) is 7.70. The minimum Gasteiger partial charge on any atom is -0.545 e. The van der Waals surface area contributed by atoms with E-state index >= 15 is 0 Å². The molecule has 0 unspecified atom stereocenters. The van der Waals surface area contributed by atoms with E-state index in [0.29, 0.717) is 5.69 Å². The molecule has 24 heavy (non-hydrogen) atoms. The van der Waals surface area contributed by atoms with Crippen LogP contribution in [0.3, 0.4) is 0 Å². The maximum atomic E-state index is 11.9. The summed E-state index contributed by atoms with van der Waals surface area (Å²) in [6.07, 6.45) is 0. The predicted molar refractivity (Wildman–Crippen MR) is 93.3 cm³/mol. The van der Waals surface area contributed by atoms with E-state index in [1.54, 1.807) is 11.3 Å². The summed E-state index contributed by atoms with van der Waals surface area (Å²) in [5.41, 5.74) is 0.597. The summed E-state index contributed by atoms with van der Waals surface area (Å²) in [4.78, 5) is 23.7. The van der Waals surface area contributed by atoms with Crippen LogP contribution in [0.2, 0.25) is 0 Å². The highest BCUT2D eigenvalue weighted by Gasteiger charge is 2.10. The molecule has 0 atom stereocenters. The van der Waals surface area contributed by atoms with Gasteiger partial charge in [0, 0.05) is 5.69 Å². The minimum atomic E-state index is -1.25. The van der Waals surface area contributed by atoms with Crippen molar-refractivity contribution in [3.8, 4) is 9.88 Å². The number of nitrogens with one attached hydrogen (secondary N) is 1. The first-order valence-electron chi connectivity index (χ1n) is 6.73. The van der Waals surface area contributed by atoms with Gasteiger partial charge in [-0.2, -0.15) is 0 Å². The average Bonchev–Trinajstić information content (AvgIpc) is 3.25. The van der Waals surface area contributed by atoms with E-state index in [-0.39, 0.29) is 17.2 Å². The lowest BCUT2D eigenvalue weighted by Gasteiger charge is -2.06. The van der Waals surface area contributed by atoms with E-state index in [9.17, 15) is 14.7 Å². The van der Waals surface area contributed by atoms with Gasteiger partial charge in [-0.1, -0.05) is 41.3 Å². The van der Waals surface area contributed by atoms with Crippen LogP contribution in [0, 0.1) is 0 Å². The van der Waals surface area contributed by atoms with Crippen LogP contribution < -0.4 is 10.4 Å². The summed E-state index contributed by atoms with van der Waals surface area (Å²) in [5.74, 6) is -1.25. The maximum absolute atomic E-state index is 11.9. The minimum absolute atomic E-state index is 0.0670. The van der Waals surface area contributed by atoms with E-state index in [1.807, 2.05) is 17.5 Å². The molecule has 0 aliphatic heterocycles. The molecule has 2 heterocycles. The molecule has 0 saturated heterocycles. The number of aromatic nitrogens is 2. The molecule has 1 aromatic carbocycles. The molecule has 122 valence electrons. The molecule has 3 aromatic rings. The fourth-order valence-corrected chi connectivity index (χ4v) is 4.23. The van der Waals surface area contributed by atoms with Crippen LogP contribution in [-0.4, -0.2) is 27.8 Å².